The molecule has 0 aliphatic carbocycles. The number of para-hydroxylation sites is 1. The number of hydrogen-bond acceptors (Lipinski definition) is 8. The Morgan fingerprint density at radius 2 is 1.90 bits per heavy atom. The standard InChI is InChI=1S/C21H16N4O6/c1-12-17(11-22-14-6-8-15(9-7-14)25(29)30)20(27)24(23-12)19(26)16-10-13-4-2-3-5-18(13)31-21(16)28/h2-10,17,22H,11H2,1H3. The van der Waals surface area contributed by atoms with Gasteiger partial charge >= 0.3 is 5.63 Å². The summed E-state index contributed by atoms with van der Waals surface area (Å²) in [6, 6.07) is 13.8. The number of hydrazone groups is 1. The summed E-state index contributed by atoms with van der Waals surface area (Å²) >= 11 is 0. The second-order valence-corrected chi connectivity index (χ2v) is 6.92. The first-order valence-electron chi connectivity index (χ1n) is 9.30. The number of carbonyl (C=O) groups is 2. The van der Waals surface area contributed by atoms with Crippen LogP contribution in [0.4, 0.5) is 11.4 Å². The van der Waals surface area contributed by atoms with Gasteiger partial charge in [-0.3, -0.25) is 19.7 Å². The van der Waals surface area contributed by atoms with Crippen LogP contribution in [-0.2, 0) is 4.79 Å². The molecule has 31 heavy (non-hydrogen) atoms. The number of fused-ring (bicyclic) bond motifs is 1. The van der Waals surface area contributed by atoms with Gasteiger partial charge in [0.2, 0.25) is 0 Å². The van der Waals surface area contributed by atoms with Crippen LogP contribution in [0.15, 0.2) is 68.9 Å². The molecular weight excluding hydrogens is 404 g/mol. The molecule has 0 saturated carbocycles. The highest BCUT2D eigenvalue weighted by atomic mass is 16.6. The molecule has 3 aromatic rings. The minimum Gasteiger partial charge on any atom is -0.422 e. The first-order chi connectivity index (χ1) is 14.8. The lowest BCUT2D eigenvalue weighted by Crippen LogP contribution is -2.37. The Bertz CT molecular complexity index is 1300. The summed E-state index contributed by atoms with van der Waals surface area (Å²) in [4.78, 5) is 48.1. The van der Waals surface area contributed by atoms with Crippen LogP contribution in [0.25, 0.3) is 11.0 Å². The predicted octanol–water partition coefficient (Wildman–Crippen LogP) is 2.79. The van der Waals surface area contributed by atoms with Crippen molar-refractivity contribution in [1.82, 2.24) is 5.01 Å². The summed E-state index contributed by atoms with van der Waals surface area (Å²) in [5.41, 5.74) is 0.126. The van der Waals surface area contributed by atoms with Crippen molar-refractivity contribution in [3.8, 4) is 0 Å². The van der Waals surface area contributed by atoms with E-state index in [9.17, 15) is 24.5 Å². The van der Waals surface area contributed by atoms with Crippen molar-refractivity contribution in [2.75, 3.05) is 11.9 Å². The maximum absolute atomic E-state index is 12.8. The topological polar surface area (TPSA) is 135 Å². The zero-order valence-electron chi connectivity index (χ0n) is 16.3. The molecule has 1 aromatic heterocycles. The van der Waals surface area contributed by atoms with E-state index < -0.39 is 28.3 Å². The third-order valence-electron chi connectivity index (χ3n) is 4.92. The van der Waals surface area contributed by atoms with E-state index in [1.165, 1.54) is 30.3 Å². The van der Waals surface area contributed by atoms with Crippen LogP contribution < -0.4 is 10.9 Å². The van der Waals surface area contributed by atoms with Crippen molar-refractivity contribution in [1.29, 1.82) is 0 Å². The lowest BCUT2D eigenvalue weighted by atomic mass is 10.0. The number of nitrogens with zero attached hydrogens (tertiary/aromatic N) is 3. The number of amides is 2. The molecule has 4 rings (SSSR count). The molecule has 156 valence electrons. The molecule has 10 nitrogen and oxygen atoms in total. The SMILES string of the molecule is CC1=NN(C(=O)c2cc3ccccc3oc2=O)C(=O)C1CNc1ccc([N+](=O)[O-])cc1. The molecule has 0 bridgehead atoms. The van der Waals surface area contributed by atoms with Crippen molar-refractivity contribution in [3.05, 3.63) is 80.7 Å². The quantitative estimate of drug-likeness (QED) is 0.290. The van der Waals surface area contributed by atoms with Crippen LogP contribution in [0.3, 0.4) is 0 Å². The summed E-state index contributed by atoms with van der Waals surface area (Å²) < 4.78 is 5.17. The average molecular weight is 420 g/mol. The van der Waals surface area contributed by atoms with E-state index in [2.05, 4.69) is 10.4 Å². The molecule has 0 spiro atoms. The molecule has 2 heterocycles. The van der Waals surface area contributed by atoms with Crippen LogP contribution in [0, 0.1) is 16.0 Å². The number of hydrogen-bond donors (Lipinski definition) is 1. The Hall–Kier alpha value is -4.34. The minimum atomic E-state index is -0.860. The lowest BCUT2D eigenvalue weighted by molar-refractivity contribution is -0.384. The molecule has 0 radical (unpaired) electrons. The van der Waals surface area contributed by atoms with E-state index in [1.54, 1.807) is 31.2 Å². The van der Waals surface area contributed by atoms with Gasteiger partial charge in [-0.2, -0.15) is 10.1 Å². The fourth-order valence-corrected chi connectivity index (χ4v) is 3.23. The van der Waals surface area contributed by atoms with Gasteiger partial charge in [0.05, 0.1) is 16.6 Å². The van der Waals surface area contributed by atoms with E-state index >= 15 is 0 Å². The predicted molar refractivity (Wildman–Crippen MR) is 112 cm³/mol. The fraction of sp³-hybridized carbons (Fsp3) is 0.143. The highest BCUT2D eigenvalue weighted by Gasteiger charge is 2.38. The van der Waals surface area contributed by atoms with Crippen molar-refractivity contribution in [2.24, 2.45) is 11.0 Å². The Balaban J connectivity index is 1.51. The first-order valence-corrected chi connectivity index (χ1v) is 9.30. The van der Waals surface area contributed by atoms with E-state index in [-0.39, 0.29) is 17.8 Å². The molecule has 1 unspecified atom stereocenters. The van der Waals surface area contributed by atoms with Gasteiger partial charge < -0.3 is 9.73 Å². The number of nitro benzene ring substituents is 1. The number of non-ortho nitro benzene ring substituents is 1. The summed E-state index contributed by atoms with van der Waals surface area (Å²) in [7, 11) is 0. The molecule has 1 aliphatic rings. The van der Waals surface area contributed by atoms with Gasteiger partial charge in [0.15, 0.2) is 0 Å². The molecule has 1 N–H and O–H groups in total. The third kappa shape index (κ3) is 3.78. The number of rotatable bonds is 5. The first kappa shape index (κ1) is 20.0. The third-order valence-corrected chi connectivity index (χ3v) is 4.92. The summed E-state index contributed by atoms with van der Waals surface area (Å²) in [6.07, 6.45) is 0. The van der Waals surface area contributed by atoms with Gasteiger partial charge in [0.1, 0.15) is 11.1 Å². The minimum absolute atomic E-state index is 0.0498. The van der Waals surface area contributed by atoms with Gasteiger partial charge in [-0.05, 0) is 31.2 Å². The highest BCUT2D eigenvalue weighted by Crippen LogP contribution is 2.21. The maximum Gasteiger partial charge on any atom is 0.349 e. The molecule has 1 aliphatic heterocycles. The number of benzene rings is 2. The van der Waals surface area contributed by atoms with Crippen LogP contribution >= 0.6 is 0 Å². The average Bonchev–Trinajstić information content (AvgIpc) is 3.05. The second kappa shape index (κ2) is 7.82. The number of anilines is 1. The van der Waals surface area contributed by atoms with E-state index in [1.807, 2.05) is 0 Å². The molecular formula is C21H16N4O6. The largest absolute Gasteiger partial charge is 0.422 e. The molecule has 0 saturated heterocycles. The van der Waals surface area contributed by atoms with E-state index in [0.717, 1.165) is 0 Å². The molecule has 1 atom stereocenters. The van der Waals surface area contributed by atoms with Gasteiger partial charge in [0.25, 0.3) is 17.5 Å². The normalized spacial score (nSPS) is 15.8. The van der Waals surface area contributed by atoms with Gasteiger partial charge in [-0.1, -0.05) is 18.2 Å². The number of nitro groups is 1. The summed E-state index contributed by atoms with van der Waals surface area (Å²) in [5.74, 6) is -2.17. The summed E-state index contributed by atoms with van der Waals surface area (Å²) in [5, 5.41) is 19.0. The molecule has 10 heteroatoms. The van der Waals surface area contributed by atoms with Crippen molar-refractivity contribution in [2.45, 2.75) is 6.92 Å². The summed E-state index contributed by atoms with van der Waals surface area (Å²) in [6.45, 7) is 1.73. The van der Waals surface area contributed by atoms with Gasteiger partial charge in [-0.15, -0.1) is 0 Å². The zero-order chi connectivity index (χ0) is 22.1. The Labute approximate surface area is 174 Å². The Morgan fingerprint density at radius 3 is 2.61 bits per heavy atom. The van der Waals surface area contributed by atoms with Gasteiger partial charge in [0, 0.05) is 29.8 Å². The monoisotopic (exact) mass is 420 g/mol. The van der Waals surface area contributed by atoms with Crippen LogP contribution in [0.2, 0.25) is 0 Å². The number of imide groups is 1. The van der Waals surface area contributed by atoms with Crippen LogP contribution in [0.5, 0.6) is 0 Å². The van der Waals surface area contributed by atoms with Crippen molar-refractivity contribution >= 4 is 39.9 Å². The van der Waals surface area contributed by atoms with Crippen LogP contribution in [0.1, 0.15) is 17.3 Å². The number of carbonyl (C=O) groups excluding carboxylic acids is 2. The van der Waals surface area contributed by atoms with Crippen LogP contribution in [-0.4, -0.2) is 34.0 Å². The Kier molecular flexibility index (Phi) is 5.04. The maximum atomic E-state index is 12.8. The van der Waals surface area contributed by atoms with Gasteiger partial charge in [-0.25, -0.2) is 4.79 Å². The lowest BCUT2D eigenvalue weighted by Gasteiger charge is -2.14. The highest BCUT2D eigenvalue weighted by molar-refractivity contribution is 6.16. The van der Waals surface area contributed by atoms with Crippen molar-refractivity contribution < 1.29 is 18.9 Å². The zero-order valence-corrected chi connectivity index (χ0v) is 16.3. The molecule has 2 amide bonds. The van der Waals surface area contributed by atoms with E-state index in [0.29, 0.717) is 27.4 Å². The number of nitrogens with one attached hydrogen (secondary N) is 1. The Morgan fingerprint density at radius 1 is 1.19 bits per heavy atom. The molecule has 0 fully saturated rings. The fourth-order valence-electron chi connectivity index (χ4n) is 3.23. The molecule has 2 aromatic carbocycles. The second-order valence-electron chi connectivity index (χ2n) is 6.92. The van der Waals surface area contributed by atoms with E-state index in [4.69, 9.17) is 4.42 Å². The smallest absolute Gasteiger partial charge is 0.349 e. The van der Waals surface area contributed by atoms with Crippen molar-refractivity contribution in [3.63, 3.8) is 0 Å².